The molecule has 0 aromatic heterocycles. The molecule has 4 heteroatoms. The molecular formula is C18H23ClN2O. The first kappa shape index (κ1) is 18.1. The van der Waals surface area contributed by atoms with Crippen LogP contribution in [0.1, 0.15) is 46.4 Å². The molecule has 2 aromatic carbocycles. The third-order valence-electron chi connectivity index (χ3n) is 3.70. The van der Waals surface area contributed by atoms with Gasteiger partial charge in [0.25, 0.3) is 5.91 Å². The molecular weight excluding hydrogens is 296 g/mol. The molecule has 0 bridgehead atoms. The number of hydrogen-bond acceptors (Lipinski definition) is 2. The van der Waals surface area contributed by atoms with Gasteiger partial charge < -0.3 is 11.1 Å². The van der Waals surface area contributed by atoms with Gasteiger partial charge in [0.05, 0.1) is 6.04 Å². The molecule has 2 aromatic rings. The van der Waals surface area contributed by atoms with E-state index in [1.807, 2.05) is 19.1 Å². The van der Waals surface area contributed by atoms with Crippen LogP contribution in [0.25, 0.3) is 0 Å². The van der Waals surface area contributed by atoms with Crippen molar-refractivity contribution in [2.75, 3.05) is 5.73 Å². The summed E-state index contributed by atoms with van der Waals surface area (Å²) in [7, 11) is 0. The van der Waals surface area contributed by atoms with E-state index in [-0.39, 0.29) is 24.4 Å². The van der Waals surface area contributed by atoms with Crippen LogP contribution < -0.4 is 11.1 Å². The fourth-order valence-corrected chi connectivity index (χ4v) is 2.34. The van der Waals surface area contributed by atoms with E-state index in [4.69, 9.17) is 5.73 Å². The molecule has 0 saturated carbocycles. The minimum atomic E-state index is -0.0766. The smallest absolute Gasteiger partial charge is 0.252 e. The van der Waals surface area contributed by atoms with Crippen molar-refractivity contribution in [2.45, 2.75) is 33.2 Å². The summed E-state index contributed by atoms with van der Waals surface area (Å²) in [6, 6.07) is 13.7. The Morgan fingerprint density at radius 1 is 1.14 bits per heavy atom. The predicted octanol–water partition coefficient (Wildman–Crippen LogP) is 4.19. The zero-order valence-corrected chi connectivity index (χ0v) is 14.0. The summed E-state index contributed by atoms with van der Waals surface area (Å²) in [5.74, 6) is -0.0766. The summed E-state index contributed by atoms with van der Waals surface area (Å²) in [5.41, 5.74) is 10.3. The number of amides is 1. The first-order valence-corrected chi connectivity index (χ1v) is 7.24. The molecule has 0 heterocycles. The van der Waals surface area contributed by atoms with Gasteiger partial charge in [-0.2, -0.15) is 0 Å². The van der Waals surface area contributed by atoms with Crippen LogP contribution in [0, 0.1) is 13.8 Å². The van der Waals surface area contributed by atoms with Crippen LogP contribution >= 0.6 is 12.4 Å². The SMILES string of the molecule is CCC(NC(=O)c1cc(N)ccc1C)c1ccc(C)cc1.Cl. The maximum atomic E-state index is 12.5. The molecule has 1 atom stereocenters. The molecule has 0 saturated heterocycles. The first-order valence-electron chi connectivity index (χ1n) is 7.24. The van der Waals surface area contributed by atoms with Gasteiger partial charge in [-0.3, -0.25) is 4.79 Å². The number of carbonyl (C=O) groups is 1. The number of halogens is 1. The van der Waals surface area contributed by atoms with Crippen LogP contribution in [0.3, 0.4) is 0 Å². The molecule has 3 N–H and O–H groups in total. The van der Waals surface area contributed by atoms with Crippen LogP contribution in [0.2, 0.25) is 0 Å². The third kappa shape index (κ3) is 4.25. The quantitative estimate of drug-likeness (QED) is 0.830. The van der Waals surface area contributed by atoms with Crippen LogP contribution in [-0.2, 0) is 0 Å². The largest absolute Gasteiger partial charge is 0.399 e. The maximum absolute atomic E-state index is 12.5. The zero-order chi connectivity index (χ0) is 15.4. The van der Waals surface area contributed by atoms with Gasteiger partial charge in [-0.05, 0) is 43.5 Å². The van der Waals surface area contributed by atoms with Crippen molar-refractivity contribution in [3.05, 3.63) is 64.7 Å². The van der Waals surface area contributed by atoms with E-state index < -0.39 is 0 Å². The number of rotatable bonds is 4. The monoisotopic (exact) mass is 318 g/mol. The Labute approximate surface area is 138 Å². The van der Waals surface area contributed by atoms with E-state index >= 15 is 0 Å². The fraction of sp³-hybridized carbons (Fsp3) is 0.278. The van der Waals surface area contributed by atoms with Crippen molar-refractivity contribution in [3.63, 3.8) is 0 Å². The number of hydrogen-bond donors (Lipinski definition) is 2. The fourth-order valence-electron chi connectivity index (χ4n) is 2.34. The molecule has 1 amide bonds. The van der Waals surface area contributed by atoms with E-state index in [1.54, 1.807) is 6.07 Å². The normalized spacial score (nSPS) is 11.4. The highest BCUT2D eigenvalue weighted by Crippen LogP contribution is 2.19. The zero-order valence-electron chi connectivity index (χ0n) is 13.2. The molecule has 2 rings (SSSR count). The Balaban J connectivity index is 0.00000242. The lowest BCUT2D eigenvalue weighted by atomic mass is 10.0. The number of carbonyl (C=O) groups excluding carboxylic acids is 1. The molecule has 3 nitrogen and oxygen atoms in total. The van der Waals surface area contributed by atoms with Crippen molar-refractivity contribution in [1.29, 1.82) is 0 Å². The minimum absolute atomic E-state index is 0. The molecule has 0 radical (unpaired) electrons. The number of aryl methyl sites for hydroxylation is 2. The molecule has 0 aliphatic rings. The second-order valence-corrected chi connectivity index (χ2v) is 5.42. The van der Waals surface area contributed by atoms with Gasteiger partial charge in [-0.1, -0.05) is 42.8 Å². The molecule has 118 valence electrons. The van der Waals surface area contributed by atoms with Crippen LogP contribution in [0.5, 0.6) is 0 Å². The molecule has 0 aliphatic heterocycles. The lowest BCUT2D eigenvalue weighted by Gasteiger charge is -2.18. The summed E-state index contributed by atoms with van der Waals surface area (Å²) >= 11 is 0. The standard InChI is InChI=1S/C18H22N2O.ClH/c1-4-17(14-8-5-12(2)6-9-14)20-18(21)16-11-15(19)10-7-13(16)3;/h5-11,17H,4,19H2,1-3H3,(H,20,21);1H. The van der Waals surface area contributed by atoms with Gasteiger partial charge in [0.2, 0.25) is 0 Å². The first-order chi connectivity index (χ1) is 10.0. The number of nitrogens with one attached hydrogen (secondary N) is 1. The summed E-state index contributed by atoms with van der Waals surface area (Å²) in [6.07, 6.45) is 0.843. The number of nitrogens with two attached hydrogens (primary N) is 1. The van der Waals surface area contributed by atoms with E-state index in [0.29, 0.717) is 11.3 Å². The summed E-state index contributed by atoms with van der Waals surface area (Å²) < 4.78 is 0. The van der Waals surface area contributed by atoms with Crippen molar-refractivity contribution < 1.29 is 4.79 Å². The number of anilines is 1. The van der Waals surface area contributed by atoms with Gasteiger partial charge in [-0.15, -0.1) is 12.4 Å². The molecule has 0 spiro atoms. The van der Waals surface area contributed by atoms with Gasteiger partial charge in [0.15, 0.2) is 0 Å². The van der Waals surface area contributed by atoms with E-state index in [2.05, 4.69) is 43.4 Å². The molecule has 0 aliphatic carbocycles. The second-order valence-electron chi connectivity index (χ2n) is 5.42. The Hall–Kier alpha value is -2.00. The lowest BCUT2D eigenvalue weighted by Crippen LogP contribution is -2.28. The van der Waals surface area contributed by atoms with Gasteiger partial charge >= 0.3 is 0 Å². The lowest BCUT2D eigenvalue weighted by molar-refractivity contribution is 0.0935. The van der Waals surface area contributed by atoms with E-state index in [9.17, 15) is 4.79 Å². The van der Waals surface area contributed by atoms with Gasteiger partial charge in [0.1, 0.15) is 0 Å². The predicted molar refractivity (Wildman–Crippen MR) is 94.5 cm³/mol. The van der Waals surface area contributed by atoms with Crippen molar-refractivity contribution in [1.82, 2.24) is 5.32 Å². The van der Waals surface area contributed by atoms with Crippen molar-refractivity contribution >= 4 is 24.0 Å². The van der Waals surface area contributed by atoms with Gasteiger partial charge in [-0.25, -0.2) is 0 Å². The summed E-state index contributed by atoms with van der Waals surface area (Å²) in [6.45, 7) is 6.04. The average molecular weight is 319 g/mol. The van der Waals surface area contributed by atoms with Crippen molar-refractivity contribution in [2.24, 2.45) is 0 Å². The van der Waals surface area contributed by atoms with Crippen molar-refractivity contribution in [3.8, 4) is 0 Å². The Kier molecular flexibility index (Phi) is 6.44. The number of benzene rings is 2. The summed E-state index contributed by atoms with van der Waals surface area (Å²) in [4.78, 5) is 12.5. The van der Waals surface area contributed by atoms with Crippen LogP contribution in [0.4, 0.5) is 5.69 Å². The Morgan fingerprint density at radius 2 is 1.77 bits per heavy atom. The average Bonchev–Trinajstić information content (AvgIpc) is 2.48. The van der Waals surface area contributed by atoms with E-state index in [0.717, 1.165) is 17.5 Å². The Morgan fingerprint density at radius 3 is 2.36 bits per heavy atom. The molecule has 22 heavy (non-hydrogen) atoms. The minimum Gasteiger partial charge on any atom is -0.399 e. The molecule has 1 unspecified atom stereocenters. The highest BCUT2D eigenvalue weighted by molar-refractivity contribution is 5.96. The Bertz CT molecular complexity index is 638. The maximum Gasteiger partial charge on any atom is 0.252 e. The number of nitrogen functional groups attached to an aromatic ring is 1. The highest BCUT2D eigenvalue weighted by atomic mass is 35.5. The van der Waals surface area contributed by atoms with Crippen LogP contribution in [0.15, 0.2) is 42.5 Å². The summed E-state index contributed by atoms with van der Waals surface area (Å²) in [5, 5.41) is 3.09. The third-order valence-corrected chi connectivity index (χ3v) is 3.70. The second kappa shape index (κ2) is 7.85. The van der Waals surface area contributed by atoms with Gasteiger partial charge in [0, 0.05) is 11.3 Å². The van der Waals surface area contributed by atoms with E-state index in [1.165, 1.54) is 5.56 Å². The molecule has 0 fully saturated rings. The highest BCUT2D eigenvalue weighted by Gasteiger charge is 2.15. The van der Waals surface area contributed by atoms with Crippen LogP contribution in [-0.4, -0.2) is 5.91 Å². The topological polar surface area (TPSA) is 55.1 Å².